The Labute approximate surface area is 84.5 Å². The molecule has 0 aromatic heterocycles. The molecular formula is C11H17NO2. The van der Waals surface area contributed by atoms with Crippen molar-refractivity contribution in [1.29, 1.82) is 0 Å². The normalized spacial score (nSPS) is 10.9. The van der Waals surface area contributed by atoms with Gasteiger partial charge in [-0.25, -0.2) is 5.90 Å². The average molecular weight is 195 g/mol. The highest BCUT2D eigenvalue weighted by atomic mass is 16.6. The molecule has 0 unspecified atom stereocenters. The van der Waals surface area contributed by atoms with Gasteiger partial charge in [-0.1, -0.05) is 26.0 Å². The van der Waals surface area contributed by atoms with Gasteiger partial charge >= 0.3 is 0 Å². The van der Waals surface area contributed by atoms with Gasteiger partial charge in [-0.3, -0.25) is 0 Å². The highest BCUT2D eigenvalue weighted by Crippen LogP contribution is 2.23. The highest BCUT2D eigenvalue weighted by Gasteiger charge is 2.04. The largest absolute Gasteiger partial charge is 0.508 e. The Morgan fingerprint density at radius 1 is 1.43 bits per heavy atom. The zero-order valence-corrected chi connectivity index (χ0v) is 8.66. The topological polar surface area (TPSA) is 55.5 Å². The van der Waals surface area contributed by atoms with Crippen LogP contribution in [0, 0.1) is 0 Å². The fourth-order valence-electron chi connectivity index (χ4n) is 1.32. The molecule has 0 radical (unpaired) electrons. The van der Waals surface area contributed by atoms with E-state index in [0.29, 0.717) is 24.7 Å². The first kappa shape index (κ1) is 11.0. The van der Waals surface area contributed by atoms with Crippen LogP contribution >= 0.6 is 0 Å². The van der Waals surface area contributed by atoms with Gasteiger partial charge in [-0.2, -0.15) is 0 Å². The van der Waals surface area contributed by atoms with Crippen molar-refractivity contribution in [2.24, 2.45) is 5.90 Å². The zero-order valence-electron chi connectivity index (χ0n) is 8.66. The standard InChI is InChI=1S/C11H17NO2/c1-8(2)10-4-3-9(5-6-14-12)11(13)7-10/h3-4,7-8,13H,5-6,12H2,1-2H3. The van der Waals surface area contributed by atoms with Crippen LogP contribution in [0.25, 0.3) is 0 Å². The van der Waals surface area contributed by atoms with E-state index in [4.69, 9.17) is 5.90 Å². The van der Waals surface area contributed by atoms with E-state index in [1.807, 2.05) is 12.1 Å². The zero-order chi connectivity index (χ0) is 10.6. The third-order valence-electron chi connectivity index (χ3n) is 2.27. The summed E-state index contributed by atoms with van der Waals surface area (Å²) in [4.78, 5) is 4.47. The van der Waals surface area contributed by atoms with Crippen molar-refractivity contribution < 1.29 is 9.94 Å². The smallest absolute Gasteiger partial charge is 0.119 e. The Balaban J connectivity index is 2.79. The van der Waals surface area contributed by atoms with Gasteiger partial charge < -0.3 is 9.94 Å². The third kappa shape index (κ3) is 2.72. The molecule has 0 saturated carbocycles. The maximum absolute atomic E-state index is 9.67. The van der Waals surface area contributed by atoms with Crippen LogP contribution < -0.4 is 5.90 Å². The molecule has 0 saturated heterocycles. The SMILES string of the molecule is CC(C)c1ccc(CCON)c(O)c1. The van der Waals surface area contributed by atoms with Crippen molar-refractivity contribution in [1.82, 2.24) is 0 Å². The van der Waals surface area contributed by atoms with Crippen LogP contribution in [0.3, 0.4) is 0 Å². The number of phenols is 1. The van der Waals surface area contributed by atoms with Gasteiger partial charge in [-0.15, -0.1) is 0 Å². The Kier molecular flexibility index (Phi) is 3.92. The minimum Gasteiger partial charge on any atom is -0.508 e. The van der Waals surface area contributed by atoms with Crippen molar-refractivity contribution in [2.45, 2.75) is 26.2 Å². The summed E-state index contributed by atoms with van der Waals surface area (Å²) in [5.41, 5.74) is 2.01. The molecule has 78 valence electrons. The summed E-state index contributed by atoms with van der Waals surface area (Å²) in [6.07, 6.45) is 0.640. The van der Waals surface area contributed by atoms with E-state index >= 15 is 0 Å². The van der Waals surface area contributed by atoms with Gasteiger partial charge in [0.05, 0.1) is 6.61 Å². The van der Waals surface area contributed by atoms with Crippen LogP contribution in [0.4, 0.5) is 0 Å². The summed E-state index contributed by atoms with van der Waals surface area (Å²) in [7, 11) is 0. The van der Waals surface area contributed by atoms with Gasteiger partial charge in [0, 0.05) is 6.42 Å². The number of benzene rings is 1. The Morgan fingerprint density at radius 2 is 2.14 bits per heavy atom. The van der Waals surface area contributed by atoms with Crippen molar-refractivity contribution >= 4 is 0 Å². The van der Waals surface area contributed by atoms with Gasteiger partial charge in [0.1, 0.15) is 5.75 Å². The lowest BCUT2D eigenvalue weighted by Gasteiger charge is -2.09. The minimum atomic E-state index is 0.327. The molecule has 3 heteroatoms. The van der Waals surface area contributed by atoms with E-state index in [1.165, 1.54) is 0 Å². The van der Waals surface area contributed by atoms with E-state index in [0.717, 1.165) is 11.1 Å². The predicted molar refractivity (Wildman–Crippen MR) is 56.0 cm³/mol. The minimum absolute atomic E-state index is 0.327. The van der Waals surface area contributed by atoms with Crippen LogP contribution in [0.2, 0.25) is 0 Å². The molecule has 1 rings (SSSR count). The van der Waals surface area contributed by atoms with Crippen LogP contribution in [-0.2, 0) is 11.3 Å². The van der Waals surface area contributed by atoms with Gasteiger partial charge in [-0.05, 0) is 23.1 Å². The summed E-state index contributed by atoms with van der Waals surface area (Å²) >= 11 is 0. The van der Waals surface area contributed by atoms with Gasteiger partial charge in [0.2, 0.25) is 0 Å². The van der Waals surface area contributed by atoms with E-state index in [2.05, 4.69) is 18.7 Å². The monoisotopic (exact) mass is 195 g/mol. The summed E-state index contributed by atoms with van der Waals surface area (Å²) in [5.74, 6) is 5.68. The molecule has 0 amide bonds. The summed E-state index contributed by atoms with van der Waals surface area (Å²) < 4.78 is 0. The lowest BCUT2D eigenvalue weighted by molar-refractivity contribution is 0.140. The third-order valence-corrected chi connectivity index (χ3v) is 2.27. The Morgan fingerprint density at radius 3 is 2.64 bits per heavy atom. The number of aromatic hydroxyl groups is 1. The molecule has 0 aliphatic carbocycles. The summed E-state index contributed by atoms with van der Waals surface area (Å²) in [5, 5.41) is 9.67. The quantitative estimate of drug-likeness (QED) is 0.722. The van der Waals surface area contributed by atoms with Gasteiger partial charge in [0.15, 0.2) is 0 Å². The molecule has 0 bridgehead atoms. The summed E-state index contributed by atoms with van der Waals surface area (Å²) in [6.45, 7) is 4.61. The van der Waals surface area contributed by atoms with Crippen molar-refractivity contribution in [3.63, 3.8) is 0 Å². The van der Waals surface area contributed by atoms with Crippen molar-refractivity contribution in [3.8, 4) is 5.75 Å². The molecule has 0 fully saturated rings. The lowest BCUT2D eigenvalue weighted by Crippen LogP contribution is -2.04. The predicted octanol–water partition coefficient (Wildman–Crippen LogP) is 1.95. The second kappa shape index (κ2) is 4.98. The molecule has 0 spiro atoms. The van der Waals surface area contributed by atoms with E-state index in [1.54, 1.807) is 6.07 Å². The number of hydrogen-bond acceptors (Lipinski definition) is 3. The second-order valence-corrected chi connectivity index (χ2v) is 3.66. The maximum Gasteiger partial charge on any atom is 0.119 e. The van der Waals surface area contributed by atoms with Crippen LogP contribution in [0.1, 0.15) is 30.9 Å². The fraction of sp³-hybridized carbons (Fsp3) is 0.455. The first-order valence-corrected chi connectivity index (χ1v) is 4.78. The van der Waals surface area contributed by atoms with E-state index in [-0.39, 0.29) is 0 Å². The molecule has 1 aromatic carbocycles. The molecule has 1 aromatic rings. The molecule has 0 heterocycles. The van der Waals surface area contributed by atoms with Crippen molar-refractivity contribution in [2.75, 3.05) is 6.61 Å². The van der Waals surface area contributed by atoms with Crippen LogP contribution in [-0.4, -0.2) is 11.7 Å². The Bertz CT molecular complexity index is 297. The molecule has 3 N–H and O–H groups in total. The number of hydrogen-bond donors (Lipinski definition) is 2. The first-order valence-electron chi connectivity index (χ1n) is 4.78. The first-order chi connectivity index (χ1) is 6.65. The maximum atomic E-state index is 9.67. The summed E-state index contributed by atoms with van der Waals surface area (Å²) in [6, 6.07) is 5.75. The molecule has 0 aliphatic rings. The number of rotatable bonds is 4. The second-order valence-electron chi connectivity index (χ2n) is 3.66. The average Bonchev–Trinajstić information content (AvgIpc) is 2.15. The number of phenolic OH excluding ortho intramolecular Hbond substituents is 1. The molecule has 14 heavy (non-hydrogen) atoms. The fourth-order valence-corrected chi connectivity index (χ4v) is 1.32. The molecule has 0 atom stereocenters. The molecule has 0 aliphatic heterocycles. The highest BCUT2D eigenvalue weighted by molar-refractivity contribution is 5.37. The lowest BCUT2D eigenvalue weighted by atomic mass is 10.00. The van der Waals surface area contributed by atoms with Crippen molar-refractivity contribution in [3.05, 3.63) is 29.3 Å². The van der Waals surface area contributed by atoms with Gasteiger partial charge in [0.25, 0.3) is 0 Å². The molecule has 3 nitrogen and oxygen atoms in total. The van der Waals surface area contributed by atoms with Crippen LogP contribution in [0.5, 0.6) is 5.75 Å². The number of nitrogens with two attached hydrogens (primary N) is 1. The molecular weight excluding hydrogens is 178 g/mol. The van der Waals surface area contributed by atoms with Crippen LogP contribution in [0.15, 0.2) is 18.2 Å². The van der Waals surface area contributed by atoms with E-state index < -0.39 is 0 Å². The van der Waals surface area contributed by atoms with E-state index in [9.17, 15) is 5.11 Å². The Hall–Kier alpha value is -1.06.